The van der Waals surface area contributed by atoms with Crippen LogP contribution >= 0.6 is 0 Å². The number of aldehydes is 1. The molecule has 0 spiro atoms. The fourth-order valence-electron chi connectivity index (χ4n) is 10.6. The summed E-state index contributed by atoms with van der Waals surface area (Å²) >= 11 is 0. The summed E-state index contributed by atoms with van der Waals surface area (Å²) in [7, 11) is 6.44. The normalized spacial score (nSPS) is 38.5. The highest BCUT2D eigenvalue weighted by Crippen LogP contribution is 2.38. The van der Waals surface area contributed by atoms with Crippen LogP contribution in [-0.2, 0) is 85.7 Å². The number of likely N-dealkylation sites (N-methyl/N-ethyl adjacent to an activating group) is 1. The van der Waals surface area contributed by atoms with E-state index >= 15 is 0 Å². The Morgan fingerprint density at radius 1 is 0.829 bits per heavy atom. The molecule has 0 aromatic carbocycles. The summed E-state index contributed by atoms with van der Waals surface area (Å²) < 4.78 is 67.0. The molecule has 0 radical (unpaired) electrons. The van der Waals surface area contributed by atoms with Gasteiger partial charge in [0, 0.05) is 58.2 Å². The number of ether oxygens (including phenoxy) is 11. The smallest absolute Gasteiger partial charge is 0.335 e. The van der Waals surface area contributed by atoms with Gasteiger partial charge in [0.2, 0.25) is 0 Å². The van der Waals surface area contributed by atoms with Crippen molar-refractivity contribution in [3.8, 4) is 0 Å². The number of aliphatic hydroxyl groups excluding tert-OH is 4. The molecule has 0 aromatic heterocycles. The Hall–Kier alpha value is -4.39. The summed E-state index contributed by atoms with van der Waals surface area (Å²) in [4.78, 5) is 85.7. The van der Waals surface area contributed by atoms with Gasteiger partial charge in [0.25, 0.3) is 0 Å². The third-order valence-electron chi connectivity index (χ3n) is 15.0. The molecule has 7 N–H and O–H groups in total. The van der Waals surface area contributed by atoms with Gasteiger partial charge in [-0.2, -0.15) is 0 Å². The number of carboxylic acids is 2. The second-order valence-corrected chi connectivity index (χ2v) is 22.5. The van der Waals surface area contributed by atoms with Gasteiger partial charge in [0.1, 0.15) is 42.4 Å². The third kappa shape index (κ3) is 20.4. The average Bonchev–Trinajstić information content (AvgIpc) is 3.59. The summed E-state index contributed by atoms with van der Waals surface area (Å²) in [6.45, 7) is 16.9. The number of hydrogen-bond acceptors (Lipinski definition) is 24. The number of carboxylic acid groups (broad SMARTS) is 2. The van der Waals surface area contributed by atoms with E-state index < -0.39 is 176 Å². The number of hydrogen-bond donors (Lipinski definition) is 7. The standard InChI is InChI=1S/C52H85NO19.C4H6O6/c1-15-38-35(26-64-51-48(63-14)47(62-13)46(31(7)67-51)70-39(58)22-27(2)3)18-16-17-19-36(56)28(4)23-34(20-21-54)44(29(5)37(57)24-40(59)69-38)72-50-43(60)42(53(11)12)45(30(6)66-50)71-41-25-52(10,61)49(32(8)65-41)68-33(9)55;5-1(3(7)8)2(6)4(9)10/h16-19,21,27-32,34-35,37-38,41-51,57,60-61H,15,20,22-26H2,1-14H3;1-2,5-6H,(H,7,8)(H,9,10)/b18-16+,19-17+;/t28-,29+,30-,31-,32+,34+,35-,37-,38-,41+,42-,43-,44-,45-,46-,47-,48-,49+,50-,51-,52-;1-,2-/m11/s1. The van der Waals surface area contributed by atoms with Gasteiger partial charge in [-0.1, -0.05) is 52.8 Å². The summed E-state index contributed by atoms with van der Waals surface area (Å²) in [5.41, 5.74) is -1.50. The van der Waals surface area contributed by atoms with E-state index in [0.29, 0.717) is 12.7 Å². The predicted molar refractivity (Wildman–Crippen MR) is 286 cm³/mol. The molecule has 4 rings (SSSR count). The molecule has 0 aliphatic carbocycles. The minimum atomic E-state index is -2.27. The zero-order valence-electron chi connectivity index (χ0n) is 49.5. The first-order chi connectivity index (χ1) is 38.3. The van der Waals surface area contributed by atoms with E-state index in [4.69, 9.17) is 72.5 Å². The first kappa shape index (κ1) is 71.9. The van der Waals surface area contributed by atoms with E-state index in [1.54, 1.807) is 71.8 Å². The maximum absolute atomic E-state index is 13.9. The van der Waals surface area contributed by atoms with Gasteiger partial charge >= 0.3 is 29.8 Å². The van der Waals surface area contributed by atoms with E-state index in [-0.39, 0.29) is 44.0 Å². The first-order valence-electron chi connectivity index (χ1n) is 27.7. The van der Waals surface area contributed by atoms with E-state index in [1.165, 1.54) is 34.1 Å². The molecule has 3 fully saturated rings. The molecule has 4 aliphatic rings. The van der Waals surface area contributed by atoms with Crippen molar-refractivity contribution in [3.05, 3.63) is 24.3 Å². The highest BCUT2D eigenvalue weighted by atomic mass is 16.7. The molecule has 0 amide bonds. The molecular formula is C56H91NO25. The maximum atomic E-state index is 13.9. The lowest BCUT2D eigenvalue weighted by molar-refractivity contribution is -0.342. The Morgan fingerprint density at radius 2 is 1.43 bits per heavy atom. The topological polar surface area (TPSA) is 366 Å². The summed E-state index contributed by atoms with van der Waals surface area (Å²) in [5, 5.41) is 67.8. The fraction of sp³-hybridized carbons (Fsp3) is 0.804. The Morgan fingerprint density at radius 3 is 1.95 bits per heavy atom. The van der Waals surface area contributed by atoms with Crippen LogP contribution in [0.3, 0.4) is 0 Å². The number of aliphatic carboxylic acids is 2. The molecule has 26 nitrogen and oxygen atoms in total. The largest absolute Gasteiger partial charge is 0.479 e. The second-order valence-electron chi connectivity index (χ2n) is 22.5. The monoisotopic (exact) mass is 1180 g/mol. The number of carbonyl (C=O) groups is 7. The first-order valence-corrected chi connectivity index (χ1v) is 27.7. The number of cyclic esters (lactones) is 1. The van der Waals surface area contributed by atoms with E-state index in [2.05, 4.69) is 0 Å². The Bertz CT molecular complexity index is 2100. The van der Waals surface area contributed by atoms with Crippen molar-refractivity contribution >= 4 is 41.9 Å². The molecule has 4 heterocycles. The van der Waals surface area contributed by atoms with Gasteiger partial charge in [0.15, 0.2) is 49.1 Å². The van der Waals surface area contributed by atoms with Crippen molar-refractivity contribution in [2.75, 3.05) is 34.9 Å². The van der Waals surface area contributed by atoms with Gasteiger partial charge in [-0.3, -0.25) is 19.2 Å². The molecule has 0 saturated carbocycles. The number of methoxy groups -OCH3 is 2. The van der Waals surface area contributed by atoms with Crippen molar-refractivity contribution in [2.45, 2.75) is 224 Å². The number of carbonyl (C=O) groups excluding carboxylic acids is 5. The van der Waals surface area contributed by atoms with Gasteiger partial charge in [-0.15, -0.1) is 0 Å². The molecule has 0 bridgehead atoms. The van der Waals surface area contributed by atoms with Crippen LogP contribution in [0.2, 0.25) is 0 Å². The molecule has 0 unspecified atom stereocenters. The van der Waals surface area contributed by atoms with Crippen molar-refractivity contribution in [1.82, 2.24) is 4.90 Å². The molecule has 4 aliphatic heterocycles. The number of nitrogens with zero attached hydrogens (tertiary/aromatic N) is 1. The quantitative estimate of drug-likeness (QED) is 0.0516. The summed E-state index contributed by atoms with van der Waals surface area (Å²) in [5.74, 6) is -8.16. The Kier molecular flexibility index (Phi) is 29.2. The SMILES string of the molecule is CC[C@H]1OC(=O)C[C@@H](O)[C@H](C)[C@@H](O[C@H]2O[C@H](C)[C@@H](O[C@H]3C[C@@](C)(O)[C@@H](OC(C)=O)[C@H](C)O3)[C@H](N(C)C)[C@H]2O)[C@@H](CC=O)C[C@@H](C)C(=O)/C=C/C=C/[C@@H]1CO[C@@H]1O[C@H](C)[C@@H](OC(=O)CC(C)C)[C@@H](OC)[C@H]1OC.O=C(O)[C@H](O)[C@@H](O)C(=O)O. The van der Waals surface area contributed by atoms with Crippen LogP contribution in [0.5, 0.6) is 0 Å². The minimum absolute atomic E-state index is 0.0413. The molecule has 26 heteroatoms. The summed E-state index contributed by atoms with van der Waals surface area (Å²) in [6, 6.07) is -0.785. The number of rotatable bonds is 20. The van der Waals surface area contributed by atoms with Gasteiger partial charge in [0.05, 0.1) is 49.6 Å². The Labute approximate surface area is 479 Å². The van der Waals surface area contributed by atoms with Gasteiger partial charge in [-0.25, -0.2) is 9.59 Å². The number of esters is 3. The zero-order valence-corrected chi connectivity index (χ0v) is 49.5. The molecule has 470 valence electrons. The maximum Gasteiger partial charge on any atom is 0.335 e. The number of aliphatic hydroxyl groups is 5. The highest BCUT2D eigenvalue weighted by molar-refractivity contribution is 5.91. The van der Waals surface area contributed by atoms with E-state index in [1.807, 2.05) is 20.8 Å². The van der Waals surface area contributed by atoms with Crippen molar-refractivity contribution in [3.63, 3.8) is 0 Å². The molecular weight excluding hydrogens is 1090 g/mol. The minimum Gasteiger partial charge on any atom is -0.479 e. The number of allylic oxidation sites excluding steroid dienone is 3. The second kappa shape index (κ2) is 33.3. The summed E-state index contributed by atoms with van der Waals surface area (Å²) in [6.07, 6.45) is -11.5. The van der Waals surface area contributed by atoms with Crippen molar-refractivity contribution < 1.29 is 121 Å². The van der Waals surface area contributed by atoms with E-state index in [9.17, 15) is 48.9 Å². The molecule has 82 heavy (non-hydrogen) atoms. The molecule has 23 atom stereocenters. The fourth-order valence-corrected chi connectivity index (χ4v) is 10.6. The van der Waals surface area contributed by atoms with Crippen LogP contribution in [0.1, 0.15) is 108 Å². The van der Waals surface area contributed by atoms with Crippen LogP contribution in [0.25, 0.3) is 0 Å². The lowest BCUT2D eigenvalue weighted by Crippen LogP contribution is -2.65. The van der Waals surface area contributed by atoms with Gasteiger partial charge < -0.3 is 97.5 Å². The predicted octanol–water partition coefficient (Wildman–Crippen LogP) is 1.49. The zero-order chi connectivity index (χ0) is 62.1. The van der Waals surface area contributed by atoms with Gasteiger partial charge in [-0.05, 0) is 72.5 Å². The van der Waals surface area contributed by atoms with Crippen LogP contribution in [0, 0.1) is 29.6 Å². The number of ketones is 1. The van der Waals surface area contributed by atoms with Crippen molar-refractivity contribution in [2.24, 2.45) is 29.6 Å². The Balaban J connectivity index is 0.00000160. The lowest BCUT2D eigenvalue weighted by atomic mass is 9.79. The average molecular weight is 1180 g/mol. The van der Waals surface area contributed by atoms with Crippen LogP contribution in [-0.4, -0.2) is 233 Å². The van der Waals surface area contributed by atoms with Crippen LogP contribution < -0.4 is 0 Å². The molecule has 0 aromatic rings. The molecule has 3 saturated heterocycles. The lowest BCUT2D eigenvalue weighted by Gasteiger charge is -2.50. The highest BCUT2D eigenvalue weighted by Gasteiger charge is 2.53. The van der Waals surface area contributed by atoms with Crippen molar-refractivity contribution in [1.29, 1.82) is 0 Å². The van der Waals surface area contributed by atoms with Crippen LogP contribution in [0.15, 0.2) is 24.3 Å². The van der Waals surface area contributed by atoms with Crippen LogP contribution in [0.4, 0.5) is 0 Å². The van der Waals surface area contributed by atoms with E-state index in [0.717, 1.165) is 0 Å². The third-order valence-corrected chi connectivity index (χ3v) is 15.0.